The standard InChI is InChI=1S/C21H17BrClN5OS/c22-17-4-5-19(29-13-14-2-1-3-18(23)10-14)16(11-17)12-25-28-20(26-27-21(28)30)15-6-8-24-9-7-15/h1-11,25H,12-13H2,(H,27,30). The predicted molar refractivity (Wildman–Crippen MR) is 124 cm³/mol. The smallest absolute Gasteiger partial charge is 0.214 e. The fourth-order valence-electron chi connectivity index (χ4n) is 2.92. The van der Waals surface area contributed by atoms with Crippen LogP contribution >= 0.6 is 39.7 Å². The van der Waals surface area contributed by atoms with Gasteiger partial charge in [-0.05, 0) is 60.2 Å². The number of ether oxygens (including phenoxy) is 1. The van der Waals surface area contributed by atoms with Gasteiger partial charge in [0.05, 0.1) is 6.54 Å². The lowest BCUT2D eigenvalue weighted by Gasteiger charge is -2.15. The lowest BCUT2D eigenvalue weighted by molar-refractivity contribution is 0.303. The van der Waals surface area contributed by atoms with Gasteiger partial charge in [0.2, 0.25) is 4.77 Å². The van der Waals surface area contributed by atoms with E-state index in [4.69, 9.17) is 28.6 Å². The molecule has 0 atom stereocenters. The highest BCUT2D eigenvalue weighted by Gasteiger charge is 2.11. The quantitative estimate of drug-likeness (QED) is 0.315. The van der Waals surface area contributed by atoms with Gasteiger partial charge in [-0.1, -0.05) is 39.7 Å². The summed E-state index contributed by atoms with van der Waals surface area (Å²) >= 11 is 15.0. The molecule has 152 valence electrons. The number of nitrogens with one attached hydrogen (secondary N) is 2. The molecule has 2 heterocycles. The normalized spacial score (nSPS) is 10.7. The van der Waals surface area contributed by atoms with Crippen molar-refractivity contribution in [1.82, 2.24) is 19.9 Å². The Kier molecular flexibility index (Phi) is 6.47. The summed E-state index contributed by atoms with van der Waals surface area (Å²) < 4.78 is 9.23. The average molecular weight is 503 g/mol. The molecule has 0 unspecified atom stereocenters. The number of rotatable bonds is 7. The molecule has 0 aliphatic heterocycles. The second-order valence-corrected chi connectivity index (χ2v) is 8.17. The molecular weight excluding hydrogens is 486 g/mol. The number of aromatic nitrogens is 4. The monoisotopic (exact) mass is 501 g/mol. The first-order valence-electron chi connectivity index (χ1n) is 9.07. The lowest BCUT2D eigenvalue weighted by atomic mass is 10.2. The van der Waals surface area contributed by atoms with E-state index in [1.807, 2.05) is 54.6 Å². The van der Waals surface area contributed by atoms with Crippen LogP contribution in [0.1, 0.15) is 11.1 Å². The third-order valence-electron chi connectivity index (χ3n) is 4.34. The highest BCUT2D eigenvalue weighted by molar-refractivity contribution is 9.10. The highest BCUT2D eigenvalue weighted by atomic mass is 79.9. The second kappa shape index (κ2) is 9.42. The van der Waals surface area contributed by atoms with E-state index in [-0.39, 0.29) is 0 Å². The van der Waals surface area contributed by atoms with Crippen LogP contribution in [0.2, 0.25) is 5.02 Å². The third kappa shape index (κ3) is 4.89. The zero-order chi connectivity index (χ0) is 20.9. The third-order valence-corrected chi connectivity index (χ3v) is 5.35. The molecule has 4 aromatic rings. The Morgan fingerprint density at radius 2 is 1.97 bits per heavy atom. The maximum atomic E-state index is 6.07. The maximum absolute atomic E-state index is 6.07. The zero-order valence-corrected chi connectivity index (χ0v) is 18.8. The summed E-state index contributed by atoms with van der Waals surface area (Å²) in [6.45, 7) is 0.902. The molecule has 2 aromatic heterocycles. The van der Waals surface area contributed by atoms with Crippen molar-refractivity contribution in [2.45, 2.75) is 13.2 Å². The minimum absolute atomic E-state index is 0.419. The van der Waals surface area contributed by atoms with Gasteiger partial charge < -0.3 is 10.2 Å². The summed E-state index contributed by atoms with van der Waals surface area (Å²) in [5.41, 5.74) is 6.20. The number of halogens is 2. The molecule has 0 saturated carbocycles. The SMILES string of the molecule is S=c1[nH]nc(-c2ccncc2)n1NCc1cc(Br)ccc1OCc1cccc(Cl)c1. The number of H-pyrrole nitrogens is 1. The molecule has 0 aliphatic rings. The van der Waals surface area contributed by atoms with Gasteiger partial charge >= 0.3 is 0 Å². The molecule has 0 amide bonds. The Balaban J connectivity index is 1.54. The average Bonchev–Trinajstić information content (AvgIpc) is 3.12. The van der Waals surface area contributed by atoms with Crippen LogP contribution in [0.3, 0.4) is 0 Å². The van der Waals surface area contributed by atoms with Gasteiger partial charge in [0, 0.05) is 33.0 Å². The lowest BCUT2D eigenvalue weighted by Crippen LogP contribution is -2.16. The molecule has 2 N–H and O–H groups in total. The maximum Gasteiger partial charge on any atom is 0.214 e. The van der Waals surface area contributed by atoms with Crippen LogP contribution in [-0.2, 0) is 13.2 Å². The van der Waals surface area contributed by atoms with Gasteiger partial charge in [0.1, 0.15) is 12.4 Å². The van der Waals surface area contributed by atoms with Crippen LogP contribution in [0.4, 0.5) is 0 Å². The van der Waals surface area contributed by atoms with Crippen LogP contribution in [0.15, 0.2) is 71.5 Å². The number of hydrogen-bond acceptors (Lipinski definition) is 5. The Morgan fingerprint density at radius 3 is 2.77 bits per heavy atom. The van der Waals surface area contributed by atoms with E-state index < -0.39 is 0 Å². The summed E-state index contributed by atoms with van der Waals surface area (Å²) in [5.74, 6) is 1.45. The molecule has 30 heavy (non-hydrogen) atoms. The van der Waals surface area contributed by atoms with Crippen molar-refractivity contribution in [2.75, 3.05) is 5.43 Å². The summed E-state index contributed by atoms with van der Waals surface area (Å²) in [6.07, 6.45) is 3.43. The fourth-order valence-corrected chi connectivity index (χ4v) is 3.74. The molecule has 0 radical (unpaired) electrons. The van der Waals surface area contributed by atoms with Crippen LogP contribution < -0.4 is 10.2 Å². The summed E-state index contributed by atoms with van der Waals surface area (Å²) in [4.78, 5) is 4.05. The number of pyridine rings is 1. The molecule has 2 aromatic carbocycles. The van der Waals surface area contributed by atoms with E-state index in [1.54, 1.807) is 17.1 Å². The van der Waals surface area contributed by atoms with Crippen LogP contribution in [0.25, 0.3) is 11.4 Å². The van der Waals surface area contributed by atoms with E-state index in [9.17, 15) is 0 Å². The van der Waals surface area contributed by atoms with Gasteiger partial charge in [-0.3, -0.25) is 4.98 Å². The Hall–Kier alpha value is -2.68. The molecule has 9 heteroatoms. The Labute approximate surface area is 192 Å². The van der Waals surface area contributed by atoms with Crippen LogP contribution in [0, 0.1) is 4.77 Å². The number of hydrogen-bond donors (Lipinski definition) is 2. The van der Waals surface area contributed by atoms with Crippen molar-refractivity contribution in [1.29, 1.82) is 0 Å². The molecule has 6 nitrogen and oxygen atoms in total. The van der Waals surface area contributed by atoms with E-state index in [1.165, 1.54) is 0 Å². The highest BCUT2D eigenvalue weighted by Crippen LogP contribution is 2.25. The van der Waals surface area contributed by atoms with Gasteiger partial charge in [-0.25, -0.2) is 9.77 Å². The van der Waals surface area contributed by atoms with Crippen molar-refractivity contribution in [2.24, 2.45) is 0 Å². The largest absolute Gasteiger partial charge is 0.489 e. The van der Waals surface area contributed by atoms with E-state index in [2.05, 4.69) is 36.5 Å². The van der Waals surface area contributed by atoms with Crippen molar-refractivity contribution in [3.8, 4) is 17.1 Å². The van der Waals surface area contributed by atoms with Crippen LogP contribution in [-0.4, -0.2) is 19.9 Å². The fraction of sp³-hybridized carbons (Fsp3) is 0.0952. The van der Waals surface area contributed by atoms with Crippen molar-refractivity contribution >= 4 is 39.7 Å². The van der Waals surface area contributed by atoms with Crippen LogP contribution in [0.5, 0.6) is 5.75 Å². The molecule has 0 spiro atoms. The van der Waals surface area contributed by atoms with E-state index in [0.717, 1.165) is 26.9 Å². The van der Waals surface area contributed by atoms with Gasteiger partial charge in [-0.15, -0.1) is 0 Å². The van der Waals surface area contributed by atoms with Gasteiger partial charge in [0.25, 0.3) is 0 Å². The molecule has 0 bridgehead atoms. The minimum atomic E-state index is 0.419. The Bertz CT molecular complexity index is 1210. The molecular formula is C21H17BrClN5OS. The first-order chi connectivity index (χ1) is 14.6. The number of nitrogens with zero attached hydrogens (tertiary/aromatic N) is 3. The molecule has 4 rings (SSSR count). The first kappa shape index (κ1) is 20.6. The topological polar surface area (TPSA) is 67.8 Å². The van der Waals surface area contributed by atoms with Crippen molar-refractivity contribution < 1.29 is 4.74 Å². The van der Waals surface area contributed by atoms with Gasteiger partial charge in [-0.2, -0.15) is 5.10 Å². The first-order valence-corrected chi connectivity index (χ1v) is 10.7. The summed E-state index contributed by atoms with van der Waals surface area (Å²) in [6, 6.07) is 17.3. The second-order valence-electron chi connectivity index (χ2n) is 6.43. The molecule has 0 saturated heterocycles. The zero-order valence-electron chi connectivity index (χ0n) is 15.7. The summed E-state index contributed by atoms with van der Waals surface area (Å²) in [7, 11) is 0. The Morgan fingerprint density at radius 1 is 1.13 bits per heavy atom. The van der Waals surface area contributed by atoms with Gasteiger partial charge in [0.15, 0.2) is 5.82 Å². The number of benzene rings is 2. The number of aromatic amines is 1. The van der Waals surface area contributed by atoms with E-state index >= 15 is 0 Å². The van der Waals surface area contributed by atoms with Crippen molar-refractivity contribution in [3.63, 3.8) is 0 Å². The summed E-state index contributed by atoms with van der Waals surface area (Å²) in [5, 5.41) is 7.84. The minimum Gasteiger partial charge on any atom is -0.489 e. The molecule has 0 aliphatic carbocycles. The van der Waals surface area contributed by atoms with E-state index in [0.29, 0.717) is 28.8 Å². The predicted octanol–water partition coefficient (Wildman–Crippen LogP) is 5.74. The molecule has 0 fully saturated rings. The van der Waals surface area contributed by atoms with Crippen molar-refractivity contribution in [3.05, 3.63) is 92.4 Å².